The highest BCUT2D eigenvalue weighted by Crippen LogP contribution is 2.51. The number of ether oxygens (including phenoxy) is 2. The van der Waals surface area contributed by atoms with E-state index in [0.717, 1.165) is 6.42 Å². The second-order valence-corrected chi connectivity index (χ2v) is 7.25. The monoisotopic (exact) mass is 338 g/mol. The van der Waals surface area contributed by atoms with Crippen molar-refractivity contribution in [2.45, 2.75) is 51.7 Å². The molecular formula is C17H26N2O5. The highest BCUT2D eigenvalue weighted by Gasteiger charge is 2.59. The number of carbonyl (C=O) groups is 3. The largest absolute Gasteiger partial charge is 0.463 e. The molecule has 0 aromatic heterocycles. The van der Waals surface area contributed by atoms with Crippen molar-refractivity contribution in [3.63, 3.8) is 0 Å². The first kappa shape index (κ1) is 18.3. The molecule has 7 heteroatoms. The standard InChI is InChI=1S/C17H26N2O5/c1-5-23-13(20)6-8-17(19-15(22)24-16(2,3)4)10-12(17)11-7-9-18-14(11)21/h6,8,11-12H,5,7,9-10H2,1-4H3,(H,18,21)(H,19,22)/b8-6+/t11-,12-,17?/m0/s1. The lowest BCUT2D eigenvalue weighted by atomic mass is 9.98. The fourth-order valence-electron chi connectivity index (χ4n) is 3.08. The number of nitrogens with one attached hydrogen (secondary N) is 2. The third-order valence-corrected chi connectivity index (χ3v) is 4.17. The molecule has 3 atom stereocenters. The predicted octanol–water partition coefficient (Wildman–Crippen LogP) is 1.53. The summed E-state index contributed by atoms with van der Waals surface area (Å²) in [5.74, 6) is -0.674. The molecular weight excluding hydrogens is 312 g/mol. The second kappa shape index (κ2) is 6.83. The first-order valence-electron chi connectivity index (χ1n) is 8.32. The van der Waals surface area contributed by atoms with Gasteiger partial charge in [-0.15, -0.1) is 0 Å². The molecule has 0 spiro atoms. The van der Waals surface area contributed by atoms with Gasteiger partial charge in [0.1, 0.15) is 5.60 Å². The molecule has 1 saturated heterocycles. The summed E-state index contributed by atoms with van der Waals surface area (Å²) in [5.41, 5.74) is -1.35. The molecule has 1 saturated carbocycles. The number of esters is 1. The van der Waals surface area contributed by atoms with E-state index in [2.05, 4.69) is 10.6 Å². The van der Waals surface area contributed by atoms with E-state index in [0.29, 0.717) is 13.0 Å². The zero-order valence-electron chi connectivity index (χ0n) is 14.7. The molecule has 1 aliphatic carbocycles. The van der Waals surface area contributed by atoms with Crippen LogP contribution < -0.4 is 10.6 Å². The summed E-state index contributed by atoms with van der Waals surface area (Å²) in [5, 5.41) is 5.64. The van der Waals surface area contributed by atoms with Gasteiger partial charge in [-0.2, -0.15) is 0 Å². The van der Waals surface area contributed by atoms with Crippen LogP contribution in [-0.2, 0) is 19.1 Å². The van der Waals surface area contributed by atoms with E-state index in [1.165, 1.54) is 6.08 Å². The minimum atomic E-state index is -0.735. The number of alkyl carbamates (subject to hydrolysis) is 1. The van der Waals surface area contributed by atoms with Crippen molar-refractivity contribution in [3.05, 3.63) is 12.2 Å². The third-order valence-electron chi connectivity index (χ3n) is 4.17. The van der Waals surface area contributed by atoms with Gasteiger partial charge in [0, 0.05) is 18.5 Å². The Balaban J connectivity index is 2.10. The Bertz CT molecular complexity index is 552. The maximum absolute atomic E-state index is 12.1. The van der Waals surface area contributed by atoms with Gasteiger partial charge in [0.25, 0.3) is 0 Å². The first-order valence-corrected chi connectivity index (χ1v) is 8.32. The van der Waals surface area contributed by atoms with Crippen molar-refractivity contribution in [2.24, 2.45) is 11.8 Å². The van der Waals surface area contributed by atoms with Crippen LogP contribution in [0, 0.1) is 11.8 Å². The highest BCUT2D eigenvalue weighted by atomic mass is 16.6. The molecule has 1 aliphatic heterocycles. The van der Waals surface area contributed by atoms with Gasteiger partial charge in [0.15, 0.2) is 0 Å². The predicted molar refractivity (Wildman–Crippen MR) is 87.1 cm³/mol. The quantitative estimate of drug-likeness (QED) is 0.586. The lowest BCUT2D eigenvalue weighted by molar-refractivity contribution is -0.137. The highest BCUT2D eigenvalue weighted by molar-refractivity contribution is 5.84. The van der Waals surface area contributed by atoms with Crippen LogP contribution in [0.1, 0.15) is 40.5 Å². The van der Waals surface area contributed by atoms with E-state index < -0.39 is 23.2 Å². The van der Waals surface area contributed by atoms with Gasteiger partial charge >= 0.3 is 12.1 Å². The summed E-state index contributed by atoms with van der Waals surface area (Å²) >= 11 is 0. The number of hydrogen-bond acceptors (Lipinski definition) is 5. The van der Waals surface area contributed by atoms with Gasteiger partial charge in [-0.1, -0.05) is 6.08 Å². The maximum atomic E-state index is 12.1. The van der Waals surface area contributed by atoms with Crippen molar-refractivity contribution in [1.29, 1.82) is 0 Å². The molecule has 7 nitrogen and oxygen atoms in total. The Morgan fingerprint density at radius 1 is 1.42 bits per heavy atom. The minimum Gasteiger partial charge on any atom is -0.463 e. The summed E-state index contributed by atoms with van der Waals surface area (Å²) in [4.78, 5) is 35.7. The van der Waals surface area contributed by atoms with Crippen LogP contribution in [0.2, 0.25) is 0 Å². The lowest BCUT2D eigenvalue weighted by Gasteiger charge is -2.23. The maximum Gasteiger partial charge on any atom is 0.408 e. The normalized spacial score (nSPS) is 29.2. The molecule has 134 valence electrons. The Kier molecular flexibility index (Phi) is 5.20. The zero-order valence-corrected chi connectivity index (χ0v) is 14.7. The van der Waals surface area contributed by atoms with Gasteiger partial charge in [0.2, 0.25) is 5.91 Å². The molecule has 0 aromatic rings. The smallest absolute Gasteiger partial charge is 0.408 e. The average molecular weight is 338 g/mol. The number of rotatable bonds is 5. The van der Waals surface area contributed by atoms with E-state index in [4.69, 9.17) is 9.47 Å². The Hall–Kier alpha value is -2.05. The van der Waals surface area contributed by atoms with E-state index in [-0.39, 0.29) is 24.3 Å². The van der Waals surface area contributed by atoms with Crippen molar-refractivity contribution >= 4 is 18.0 Å². The van der Waals surface area contributed by atoms with Gasteiger partial charge in [0.05, 0.1) is 12.1 Å². The van der Waals surface area contributed by atoms with Crippen LogP contribution in [0.5, 0.6) is 0 Å². The Morgan fingerprint density at radius 3 is 2.67 bits per heavy atom. The summed E-state index contributed by atoms with van der Waals surface area (Å²) in [6.07, 6.45) is 3.71. The summed E-state index contributed by atoms with van der Waals surface area (Å²) < 4.78 is 10.2. The van der Waals surface area contributed by atoms with Crippen molar-refractivity contribution in [2.75, 3.05) is 13.2 Å². The minimum absolute atomic E-state index is 0.00241. The van der Waals surface area contributed by atoms with Crippen LogP contribution in [-0.4, -0.2) is 42.3 Å². The Labute approximate surface area is 142 Å². The van der Waals surface area contributed by atoms with Crippen LogP contribution in [0.4, 0.5) is 4.79 Å². The SMILES string of the molecule is CCOC(=O)/C=C/C1(NC(=O)OC(C)(C)C)C[C@H]1[C@@H]1CCNC1=O. The molecule has 0 bridgehead atoms. The molecule has 2 rings (SSSR count). The number of hydrogen-bond donors (Lipinski definition) is 2. The lowest BCUT2D eigenvalue weighted by Crippen LogP contribution is -2.42. The summed E-state index contributed by atoms with van der Waals surface area (Å²) in [6.45, 7) is 7.99. The van der Waals surface area contributed by atoms with E-state index in [9.17, 15) is 14.4 Å². The molecule has 0 aromatic carbocycles. The number of carbonyl (C=O) groups excluding carboxylic acids is 3. The molecule has 2 aliphatic rings. The van der Waals surface area contributed by atoms with Crippen LogP contribution in [0.15, 0.2) is 12.2 Å². The first-order chi connectivity index (χ1) is 11.2. The summed E-state index contributed by atoms with van der Waals surface area (Å²) in [7, 11) is 0. The summed E-state index contributed by atoms with van der Waals surface area (Å²) in [6, 6.07) is 0. The Morgan fingerprint density at radius 2 is 2.12 bits per heavy atom. The fourth-order valence-corrected chi connectivity index (χ4v) is 3.08. The van der Waals surface area contributed by atoms with Crippen molar-refractivity contribution < 1.29 is 23.9 Å². The zero-order chi connectivity index (χ0) is 18.0. The van der Waals surface area contributed by atoms with Crippen molar-refractivity contribution in [3.8, 4) is 0 Å². The van der Waals surface area contributed by atoms with Gasteiger partial charge in [-0.05, 0) is 46.5 Å². The average Bonchev–Trinajstić information content (AvgIpc) is 2.96. The third kappa shape index (κ3) is 4.49. The van der Waals surface area contributed by atoms with Crippen LogP contribution >= 0.6 is 0 Å². The molecule has 24 heavy (non-hydrogen) atoms. The molecule has 1 unspecified atom stereocenters. The molecule has 2 fully saturated rings. The number of amides is 2. The molecule has 1 heterocycles. The topological polar surface area (TPSA) is 93.7 Å². The van der Waals surface area contributed by atoms with Gasteiger partial charge < -0.3 is 20.1 Å². The molecule has 2 N–H and O–H groups in total. The second-order valence-electron chi connectivity index (χ2n) is 7.25. The van der Waals surface area contributed by atoms with Gasteiger partial charge in [-0.25, -0.2) is 9.59 Å². The van der Waals surface area contributed by atoms with Crippen LogP contribution in [0.25, 0.3) is 0 Å². The fraction of sp³-hybridized carbons (Fsp3) is 0.706. The van der Waals surface area contributed by atoms with E-state index in [1.807, 2.05) is 0 Å². The van der Waals surface area contributed by atoms with E-state index >= 15 is 0 Å². The van der Waals surface area contributed by atoms with E-state index in [1.54, 1.807) is 33.8 Å². The van der Waals surface area contributed by atoms with Crippen molar-refractivity contribution in [1.82, 2.24) is 10.6 Å². The molecule has 2 amide bonds. The van der Waals surface area contributed by atoms with Crippen LogP contribution in [0.3, 0.4) is 0 Å². The molecule has 0 radical (unpaired) electrons. The van der Waals surface area contributed by atoms with Gasteiger partial charge in [-0.3, -0.25) is 4.79 Å².